The number of methoxy groups -OCH3 is 2. The molecule has 160 valence electrons. The van der Waals surface area contributed by atoms with Crippen LogP contribution >= 0.6 is 0 Å². The van der Waals surface area contributed by atoms with E-state index in [-0.39, 0.29) is 5.91 Å². The molecule has 1 aromatic carbocycles. The Balaban J connectivity index is 1.36. The monoisotopic (exact) mass is 401 g/mol. The van der Waals surface area contributed by atoms with Gasteiger partial charge in [-0.2, -0.15) is 0 Å². The summed E-state index contributed by atoms with van der Waals surface area (Å²) >= 11 is 0. The number of fused-ring (bicyclic) bond motifs is 1. The molecule has 1 amide bonds. The van der Waals surface area contributed by atoms with E-state index in [1.54, 1.807) is 14.2 Å². The SMILES string of the molecule is COc1cc2c(cc1OC)CN(C(=O)CN1CCCC1CN1CCCCC1)CC2. The molecule has 4 rings (SSSR count). The van der Waals surface area contributed by atoms with Crippen molar-refractivity contribution in [3.8, 4) is 11.5 Å². The minimum atomic E-state index is 0.260. The molecule has 1 unspecified atom stereocenters. The van der Waals surface area contributed by atoms with E-state index in [4.69, 9.17) is 9.47 Å². The first-order valence-corrected chi connectivity index (χ1v) is 11.2. The summed E-state index contributed by atoms with van der Waals surface area (Å²) in [7, 11) is 3.32. The van der Waals surface area contributed by atoms with Crippen LogP contribution in [0.5, 0.6) is 11.5 Å². The second kappa shape index (κ2) is 9.35. The minimum absolute atomic E-state index is 0.260. The fourth-order valence-electron chi connectivity index (χ4n) is 5.12. The molecule has 0 aromatic heterocycles. The fourth-order valence-corrected chi connectivity index (χ4v) is 5.12. The van der Waals surface area contributed by atoms with Crippen molar-refractivity contribution in [3.05, 3.63) is 23.3 Å². The van der Waals surface area contributed by atoms with Crippen LogP contribution in [-0.4, -0.2) is 80.1 Å². The fraction of sp³-hybridized carbons (Fsp3) is 0.696. The molecule has 0 spiro atoms. The van der Waals surface area contributed by atoms with Crippen molar-refractivity contribution in [3.63, 3.8) is 0 Å². The van der Waals surface area contributed by atoms with E-state index < -0.39 is 0 Å². The first-order chi connectivity index (χ1) is 14.2. The Kier molecular flexibility index (Phi) is 6.60. The van der Waals surface area contributed by atoms with Crippen LogP contribution < -0.4 is 9.47 Å². The molecule has 6 heteroatoms. The lowest BCUT2D eigenvalue weighted by Gasteiger charge is -2.35. The second-order valence-corrected chi connectivity index (χ2v) is 8.67. The average molecular weight is 402 g/mol. The first kappa shape index (κ1) is 20.5. The highest BCUT2D eigenvalue weighted by Gasteiger charge is 2.31. The van der Waals surface area contributed by atoms with Gasteiger partial charge in [-0.1, -0.05) is 6.42 Å². The Hall–Kier alpha value is -1.79. The molecule has 0 bridgehead atoms. The number of hydrogen-bond acceptors (Lipinski definition) is 5. The van der Waals surface area contributed by atoms with Crippen molar-refractivity contribution in [2.45, 2.75) is 51.1 Å². The highest BCUT2D eigenvalue weighted by atomic mass is 16.5. The van der Waals surface area contributed by atoms with Gasteiger partial charge in [0.05, 0.1) is 20.8 Å². The number of benzene rings is 1. The summed E-state index contributed by atoms with van der Waals surface area (Å²) in [6.07, 6.45) is 7.34. The standard InChI is InChI=1S/C23H35N3O3/c1-28-21-13-18-8-12-26(15-19(18)14-22(21)29-2)23(27)17-25-11-6-7-20(25)16-24-9-4-3-5-10-24/h13-14,20H,3-12,15-17H2,1-2H3. The molecule has 3 aliphatic heterocycles. The van der Waals surface area contributed by atoms with E-state index in [1.807, 2.05) is 11.0 Å². The molecule has 2 saturated heterocycles. The molecule has 6 nitrogen and oxygen atoms in total. The number of likely N-dealkylation sites (tertiary alicyclic amines) is 2. The summed E-state index contributed by atoms with van der Waals surface area (Å²) in [5.41, 5.74) is 2.43. The molecule has 29 heavy (non-hydrogen) atoms. The topological polar surface area (TPSA) is 45.3 Å². The number of nitrogens with zero attached hydrogens (tertiary/aromatic N) is 3. The number of rotatable bonds is 6. The Morgan fingerprint density at radius 2 is 1.69 bits per heavy atom. The average Bonchev–Trinajstić information content (AvgIpc) is 3.19. The Bertz CT molecular complexity index is 718. The molecule has 0 radical (unpaired) electrons. The summed E-state index contributed by atoms with van der Waals surface area (Å²) in [6, 6.07) is 4.63. The lowest BCUT2D eigenvalue weighted by molar-refractivity contribution is -0.133. The van der Waals surface area contributed by atoms with Crippen LogP contribution in [-0.2, 0) is 17.8 Å². The molecule has 2 fully saturated rings. The summed E-state index contributed by atoms with van der Waals surface area (Å²) < 4.78 is 10.9. The van der Waals surface area contributed by atoms with E-state index in [0.29, 0.717) is 19.1 Å². The molecular formula is C23H35N3O3. The van der Waals surface area contributed by atoms with E-state index in [2.05, 4.69) is 15.9 Å². The van der Waals surface area contributed by atoms with Gasteiger partial charge in [-0.15, -0.1) is 0 Å². The van der Waals surface area contributed by atoms with Crippen LogP contribution in [0.25, 0.3) is 0 Å². The minimum Gasteiger partial charge on any atom is -0.493 e. The van der Waals surface area contributed by atoms with Crippen molar-refractivity contribution in [2.75, 3.05) is 53.5 Å². The van der Waals surface area contributed by atoms with Crippen LogP contribution in [0.3, 0.4) is 0 Å². The van der Waals surface area contributed by atoms with Gasteiger partial charge in [0.15, 0.2) is 11.5 Å². The molecule has 0 N–H and O–H groups in total. The number of carbonyl (C=O) groups excluding carboxylic acids is 1. The summed E-state index contributed by atoms with van der Waals surface area (Å²) in [5, 5.41) is 0. The number of hydrogen-bond donors (Lipinski definition) is 0. The quantitative estimate of drug-likeness (QED) is 0.733. The highest BCUT2D eigenvalue weighted by Crippen LogP contribution is 2.33. The molecule has 3 aliphatic rings. The molecular weight excluding hydrogens is 366 g/mol. The number of ether oxygens (including phenoxy) is 2. The zero-order chi connectivity index (χ0) is 20.2. The van der Waals surface area contributed by atoms with Gasteiger partial charge in [0, 0.05) is 25.7 Å². The van der Waals surface area contributed by atoms with E-state index >= 15 is 0 Å². The molecule has 0 aliphatic carbocycles. The number of amides is 1. The van der Waals surface area contributed by atoms with Crippen molar-refractivity contribution in [2.24, 2.45) is 0 Å². The van der Waals surface area contributed by atoms with Crippen LogP contribution in [0, 0.1) is 0 Å². The first-order valence-electron chi connectivity index (χ1n) is 11.2. The third-order valence-electron chi connectivity index (χ3n) is 6.83. The van der Waals surface area contributed by atoms with Gasteiger partial charge in [-0.3, -0.25) is 9.69 Å². The third-order valence-corrected chi connectivity index (χ3v) is 6.83. The zero-order valence-corrected chi connectivity index (χ0v) is 18.0. The van der Waals surface area contributed by atoms with Crippen LogP contribution in [0.2, 0.25) is 0 Å². The Morgan fingerprint density at radius 1 is 0.966 bits per heavy atom. The van der Waals surface area contributed by atoms with Crippen molar-refractivity contribution in [1.29, 1.82) is 0 Å². The van der Waals surface area contributed by atoms with E-state index in [1.165, 1.54) is 56.3 Å². The molecule has 1 aromatic rings. The summed E-state index contributed by atoms with van der Waals surface area (Å²) in [4.78, 5) is 20.1. The lowest BCUT2D eigenvalue weighted by atomic mass is 9.98. The predicted octanol–water partition coefficient (Wildman–Crippen LogP) is 2.54. The molecule has 1 atom stereocenters. The van der Waals surface area contributed by atoms with Crippen LogP contribution in [0.4, 0.5) is 0 Å². The lowest BCUT2D eigenvalue weighted by Crippen LogP contribution is -2.47. The van der Waals surface area contributed by atoms with Gasteiger partial charge in [0.2, 0.25) is 5.91 Å². The maximum absolute atomic E-state index is 13.1. The Morgan fingerprint density at radius 3 is 2.41 bits per heavy atom. The summed E-state index contributed by atoms with van der Waals surface area (Å²) in [6.45, 7) is 6.65. The van der Waals surface area contributed by atoms with Crippen molar-refractivity contribution < 1.29 is 14.3 Å². The van der Waals surface area contributed by atoms with Gasteiger partial charge in [-0.05, 0) is 75.0 Å². The summed E-state index contributed by atoms with van der Waals surface area (Å²) in [5.74, 6) is 1.77. The van der Waals surface area contributed by atoms with Crippen molar-refractivity contribution in [1.82, 2.24) is 14.7 Å². The smallest absolute Gasteiger partial charge is 0.237 e. The number of carbonyl (C=O) groups is 1. The maximum atomic E-state index is 13.1. The predicted molar refractivity (Wildman–Crippen MR) is 114 cm³/mol. The van der Waals surface area contributed by atoms with Gasteiger partial charge in [0.25, 0.3) is 0 Å². The van der Waals surface area contributed by atoms with Gasteiger partial charge in [-0.25, -0.2) is 0 Å². The van der Waals surface area contributed by atoms with E-state index in [0.717, 1.165) is 37.6 Å². The highest BCUT2D eigenvalue weighted by molar-refractivity contribution is 5.78. The normalized spacial score (nSPS) is 23.1. The molecule has 0 saturated carbocycles. The largest absolute Gasteiger partial charge is 0.493 e. The zero-order valence-electron chi connectivity index (χ0n) is 18.0. The maximum Gasteiger partial charge on any atom is 0.237 e. The van der Waals surface area contributed by atoms with Gasteiger partial charge < -0.3 is 19.3 Å². The van der Waals surface area contributed by atoms with Gasteiger partial charge in [0.1, 0.15) is 0 Å². The third kappa shape index (κ3) is 4.69. The molecule has 3 heterocycles. The van der Waals surface area contributed by atoms with Gasteiger partial charge >= 0.3 is 0 Å². The van der Waals surface area contributed by atoms with Crippen molar-refractivity contribution >= 4 is 5.91 Å². The van der Waals surface area contributed by atoms with Crippen LogP contribution in [0.1, 0.15) is 43.2 Å². The number of piperidine rings is 1. The van der Waals surface area contributed by atoms with E-state index in [9.17, 15) is 4.79 Å². The second-order valence-electron chi connectivity index (χ2n) is 8.67. The van der Waals surface area contributed by atoms with Crippen LogP contribution in [0.15, 0.2) is 12.1 Å². The Labute approximate surface area is 174 Å².